The lowest BCUT2D eigenvalue weighted by Crippen LogP contribution is -2.48. The van der Waals surface area contributed by atoms with Crippen LogP contribution in [0.15, 0.2) is 53.1 Å². The van der Waals surface area contributed by atoms with Crippen molar-refractivity contribution in [2.75, 3.05) is 39.4 Å². The van der Waals surface area contributed by atoms with E-state index in [0.29, 0.717) is 49.3 Å². The molecule has 8 nitrogen and oxygen atoms in total. The summed E-state index contributed by atoms with van der Waals surface area (Å²) in [4.78, 5) is 21.9. The van der Waals surface area contributed by atoms with E-state index in [2.05, 4.69) is 15.0 Å². The van der Waals surface area contributed by atoms with Crippen LogP contribution >= 0.6 is 0 Å². The maximum absolute atomic E-state index is 13.2. The molecule has 3 heterocycles. The van der Waals surface area contributed by atoms with E-state index in [1.54, 1.807) is 0 Å². The number of hydrogen-bond donors (Lipinski definition) is 0. The number of benzene rings is 2. The smallest absolute Gasteiger partial charge is 0.257 e. The molecule has 1 atom stereocenters. The number of piperazine rings is 1. The van der Waals surface area contributed by atoms with Gasteiger partial charge in [0, 0.05) is 38.3 Å². The van der Waals surface area contributed by atoms with Gasteiger partial charge in [0.05, 0.1) is 18.2 Å². The molecule has 8 heteroatoms. The summed E-state index contributed by atoms with van der Waals surface area (Å²) in [5, 5.41) is 4.12. The van der Waals surface area contributed by atoms with Crippen LogP contribution in [0.25, 0.3) is 11.4 Å². The predicted molar refractivity (Wildman–Crippen MR) is 127 cm³/mol. The molecule has 2 fully saturated rings. The van der Waals surface area contributed by atoms with Crippen molar-refractivity contribution in [2.45, 2.75) is 32.4 Å². The van der Waals surface area contributed by atoms with E-state index < -0.39 is 0 Å². The zero-order chi connectivity index (χ0) is 23.3. The molecule has 1 aromatic heterocycles. The zero-order valence-corrected chi connectivity index (χ0v) is 19.5. The van der Waals surface area contributed by atoms with E-state index in [9.17, 15) is 4.79 Å². The van der Waals surface area contributed by atoms with Gasteiger partial charge in [0.2, 0.25) is 11.7 Å². The normalized spacial score (nSPS) is 18.9. The van der Waals surface area contributed by atoms with Gasteiger partial charge in [-0.3, -0.25) is 9.69 Å². The third-order valence-electron chi connectivity index (χ3n) is 6.36. The topological polar surface area (TPSA) is 80.9 Å². The Labute approximate surface area is 199 Å². The molecular formula is C26H30N4O4. The molecule has 2 aliphatic rings. The Hall–Kier alpha value is -3.23. The summed E-state index contributed by atoms with van der Waals surface area (Å²) >= 11 is 0. The van der Waals surface area contributed by atoms with Crippen molar-refractivity contribution in [1.82, 2.24) is 19.9 Å². The summed E-state index contributed by atoms with van der Waals surface area (Å²) in [6.07, 6.45) is 2.18. The maximum Gasteiger partial charge on any atom is 0.257 e. The molecule has 0 N–H and O–H groups in total. The Balaban J connectivity index is 1.15. The van der Waals surface area contributed by atoms with E-state index in [-0.39, 0.29) is 12.0 Å². The second-order valence-electron chi connectivity index (χ2n) is 8.89. The minimum atomic E-state index is 0.00189. The van der Waals surface area contributed by atoms with Crippen LogP contribution in [0.4, 0.5) is 0 Å². The van der Waals surface area contributed by atoms with Gasteiger partial charge in [-0.25, -0.2) is 0 Å². The first-order valence-electron chi connectivity index (χ1n) is 11.9. The molecule has 34 heavy (non-hydrogen) atoms. The minimum Gasteiger partial charge on any atom is -0.490 e. The van der Waals surface area contributed by atoms with Crippen LogP contribution in [0.1, 0.15) is 34.7 Å². The highest BCUT2D eigenvalue weighted by molar-refractivity contribution is 5.97. The number of aromatic nitrogens is 2. The average Bonchev–Trinajstić information content (AvgIpc) is 3.56. The van der Waals surface area contributed by atoms with Gasteiger partial charge in [-0.2, -0.15) is 4.98 Å². The summed E-state index contributed by atoms with van der Waals surface area (Å²) in [5.74, 6) is 1.81. The Morgan fingerprint density at radius 2 is 1.88 bits per heavy atom. The van der Waals surface area contributed by atoms with Crippen molar-refractivity contribution in [2.24, 2.45) is 0 Å². The number of carbonyl (C=O) groups is 1. The number of ether oxygens (including phenoxy) is 2. The fourth-order valence-corrected chi connectivity index (χ4v) is 4.34. The first-order chi connectivity index (χ1) is 16.7. The molecular weight excluding hydrogens is 432 g/mol. The number of carbonyl (C=O) groups excluding carboxylic acids is 1. The Morgan fingerprint density at radius 1 is 1.09 bits per heavy atom. The molecule has 5 rings (SSSR count). The molecule has 2 aromatic carbocycles. The maximum atomic E-state index is 13.2. The van der Waals surface area contributed by atoms with E-state index >= 15 is 0 Å². The second-order valence-corrected chi connectivity index (χ2v) is 8.89. The summed E-state index contributed by atoms with van der Waals surface area (Å²) < 4.78 is 17.1. The monoisotopic (exact) mass is 462 g/mol. The quantitative estimate of drug-likeness (QED) is 0.531. The number of para-hydroxylation sites is 1. The SMILES string of the molecule is Cc1ccc(-c2noc(CN3CCN(C(=O)c4ccccc4OCC4CCCO4)CC3)n2)cc1. The number of hydrogen-bond acceptors (Lipinski definition) is 7. The van der Waals surface area contributed by atoms with Gasteiger partial charge in [-0.05, 0) is 31.9 Å². The fourth-order valence-electron chi connectivity index (χ4n) is 4.34. The van der Waals surface area contributed by atoms with Gasteiger partial charge in [0.1, 0.15) is 12.4 Å². The Bertz CT molecular complexity index is 1100. The van der Waals surface area contributed by atoms with Crippen LogP contribution in [0.5, 0.6) is 5.75 Å². The van der Waals surface area contributed by atoms with Gasteiger partial charge in [0.15, 0.2) is 0 Å². The molecule has 3 aromatic rings. The molecule has 1 amide bonds. The first kappa shape index (κ1) is 22.6. The summed E-state index contributed by atoms with van der Waals surface area (Å²) in [6, 6.07) is 15.5. The number of rotatable bonds is 7. The standard InChI is InChI=1S/C26H30N4O4/c1-19-8-10-20(11-9-19)25-27-24(34-28-25)17-29-12-14-30(15-13-29)26(31)22-6-2-3-7-23(22)33-18-21-5-4-16-32-21/h2-3,6-11,21H,4-5,12-18H2,1H3. The van der Waals surface area contributed by atoms with Crippen molar-refractivity contribution in [3.63, 3.8) is 0 Å². The number of nitrogens with zero attached hydrogens (tertiary/aromatic N) is 4. The van der Waals surface area contributed by atoms with Crippen LogP contribution in [0, 0.1) is 6.92 Å². The van der Waals surface area contributed by atoms with Crippen molar-refractivity contribution >= 4 is 5.91 Å². The van der Waals surface area contributed by atoms with Crippen molar-refractivity contribution in [1.29, 1.82) is 0 Å². The summed E-state index contributed by atoms with van der Waals surface area (Å²) in [6.45, 7) is 6.65. The van der Waals surface area contributed by atoms with E-state index in [4.69, 9.17) is 14.0 Å². The molecule has 0 spiro atoms. The molecule has 1 unspecified atom stereocenters. The van der Waals surface area contributed by atoms with Crippen molar-refractivity contribution in [3.8, 4) is 17.1 Å². The fraction of sp³-hybridized carbons (Fsp3) is 0.423. The highest BCUT2D eigenvalue weighted by Gasteiger charge is 2.26. The molecule has 2 aliphatic heterocycles. The van der Waals surface area contributed by atoms with Crippen LogP contribution in [0.2, 0.25) is 0 Å². The van der Waals surface area contributed by atoms with Gasteiger partial charge < -0.3 is 18.9 Å². The molecule has 2 saturated heterocycles. The third-order valence-corrected chi connectivity index (χ3v) is 6.36. The van der Waals surface area contributed by atoms with Crippen LogP contribution in [-0.2, 0) is 11.3 Å². The minimum absolute atomic E-state index is 0.00189. The Kier molecular flexibility index (Phi) is 6.87. The van der Waals surface area contributed by atoms with E-state index in [0.717, 1.165) is 38.1 Å². The van der Waals surface area contributed by atoms with Crippen molar-refractivity contribution < 1.29 is 18.8 Å². The van der Waals surface area contributed by atoms with Crippen LogP contribution in [0.3, 0.4) is 0 Å². The molecule has 178 valence electrons. The van der Waals surface area contributed by atoms with Gasteiger partial charge >= 0.3 is 0 Å². The molecule has 0 aliphatic carbocycles. The Morgan fingerprint density at radius 3 is 2.65 bits per heavy atom. The average molecular weight is 463 g/mol. The highest BCUT2D eigenvalue weighted by Crippen LogP contribution is 2.23. The summed E-state index contributed by atoms with van der Waals surface area (Å²) in [5.41, 5.74) is 2.74. The second kappa shape index (κ2) is 10.4. The first-order valence-corrected chi connectivity index (χ1v) is 11.9. The van der Waals surface area contributed by atoms with Crippen LogP contribution < -0.4 is 4.74 Å². The van der Waals surface area contributed by atoms with Gasteiger partial charge in [-0.1, -0.05) is 47.1 Å². The zero-order valence-electron chi connectivity index (χ0n) is 19.5. The summed E-state index contributed by atoms with van der Waals surface area (Å²) in [7, 11) is 0. The third kappa shape index (κ3) is 5.29. The number of aryl methyl sites for hydroxylation is 1. The number of amides is 1. The predicted octanol–water partition coefficient (Wildman–Crippen LogP) is 3.56. The lowest BCUT2D eigenvalue weighted by molar-refractivity contribution is 0.0583. The highest BCUT2D eigenvalue weighted by atomic mass is 16.5. The molecule has 0 bridgehead atoms. The van der Waals surface area contributed by atoms with Crippen molar-refractivity contribution in [3.05, 3.63) is 65.5 Å². The van der Waals surface area contributed by atoms with Gasteiger partial charge in [0.25, 0.3) is 5.91 Å². The lowest BCUT2D eigenvalue weighted by atomic mass is 10.1. The van der Waals surface area contributed by atoms with E-state index in [1.807, 2.05) is 60.4 Å². The molecule has 0 saturated carbocycles. The molecule has 0 radical (unpaired) electrons. The lowest BCUT2D eigenvalue weighted by Gasteiger charge is -2.34. The van der Waals surface area contributed by atoms with Crippen LogP contribution in [-0.4, -0.2) is 71.3 Å². The van der Waals surface area contributed by atoms with Gasteiger partial charge in [-0.15, -0.1) is 0 Å². The van der Waals surface area contributed by atoms with E-state index in [1.165, 1.54) is 5.56 Å². The largest absolute Gasteiger partial charge is 0.490 e.